The van der Waals surface area contributed by atoms with Crippen molar-refractivity contribution in [3.63, 3.8) is 0 Å². The summed E-state index contributed by atoms with van der Waals surface area (Å²) in [7, 11) is 0. The van der Waals surface area contributed by atoms with Gasteiger partial charge in [-0.2, -0.15) is 0 Å². The van der Waals surface area contributed by atoms with E-state index >= 15 is 0 Å². The minimum Gasteiger partial charge on any atom is -0.465 e. The van der Waals surface area contributed by atoms with Gasteiger partial charge in [0.15, 0.2) is 0 Å². The number of furan rings is 1. The van der Waals surface area contributed by atoms with Gasteiger partial charge in [-0.3, -0.25) is 4.79 Å². The molecular formula is C21H16INO4. The molecule has 0 saturated heterocycles. The van der Waals surface area contributed by atoms with E-state index in [9.17, 15) is 9.59 Å². The summed E-state index contributed by atoms with van der Waals surface area (Å²) in [5, 5.41) is 2.63. The van der Waals surface area contributed by atoms with Crippen LogP contribution in [0.4, 0.5) is 0 Å². The second-order valence-electron chi connectivity index (χ2n) is 5.57. The van der Waals surface area contributed by atoms with Crippen molar-refractivity contribution >= 4 is 40.5 Å². The Morgan fingerprint density at radius 3 is 2.44 bits per heavy atom. The van der Waals surface area contributed by atoms with Crippen molar-refractivity contribution in [2.75, 3.05) is 0 Å². The molecule has 5 nitrogen and oxygen atoms in total. The Morgan fingerprint density at radius 1 is 1.00 bits per heavy atom. The molecule has 0 aliphatic carbocycles. The summed E-state index contributed by atoms with van der Waals surface area (Å²) in [5.74, 6) is -0.603. The van der Waals surface area contributed by atoms with Gasteiger partial charge in [0.1, 0.15) is 18.1 Å². The van der Waals surface area contributed by atoms with E-state index in [4.69, 9.17) is 9.15 Å². The zero-order chi connectivity index (χ0) is 19.1. The van der Waals surface area contributed by atoms with E-state index in [0.717, 1.165) is 9.13 Å². The highest BCUT2D eigenvalue weighted by Crippen LogP contribution is 2.14. The standard InChI is InChI=1S/C21H16INO4/c22-18-11-5-4-10-17(18)20(24)23-19(13-16-9-6-12-26-16)21(25)27-14-15-7-2-1-3-8-15/h1-13H,14H2,(H,23,24)/b19-13+. The fraction of sp³-hybridized carbons (Fsp3) is 0.0476. The lowest BCUT2D eigenvalue weighted by Gasteiger charge is -2.11. The lowest BCUT2D eigenvalue weighted by molar-refractivity contribution is -0.140. The van der Waals surface area contributed by atoms with Crippen molar-refractivity contribution in [1.29, 1.82) is 0 Å². The molecule has 0 saturated carbocycles. The number of ether oxygens (including phenoxy) is 1. The molecule has 136 valence electrons. The lowest BCUT2D eigenvalue weighted by atomic mass is 10.2. The number of carbonyl (C=O) groups excluding carboxylic acids is 2. The Balaban J connectivity index is 1.78. The Labute approximate surface area is 170 Å². The quantitative estimate of drug-likeness (QED) is 0.328. The van der Waals surface area contributed by atoms with E-state index in [1.165, 1.54) is 12.3 Å². The van der Waals surface area contributed by atoms with Crippen LogP contribution in [0.5, 0.6) is 0 Å². The minimum atomic E-state index is -0.644. The maximum absolute atomic E-state index is 12.6. The van der Waals surface area contributed by atoms with Crippen molar-refractivity contribution in [2.45, 2.75) is 6.61 Å². The molecule has 3 rings (SSSR count). The molecule has 0 bridgehead atoms. The van der Waals surface area contributed by atoms with Crippen LogP contribution >= 0.6 is 22.6 Å². The van der Waals surface area contributed by atoms with Crippen LogP contribution in [0.25, 0.3) is 6.08 Å². The minimum absolute atomic E-state index is 0.00512. The summed E-state index contributed by atoms with van der Waals surface area (Å²) in [6, 6.07) is 19.8. The third kappa shape index (κ3) is 5.30. The largest absolute Gasteiger partial charge is 0.465 e. The van der Waals surface area contributed by atoms with Gasteiger partial charge in [-0.1, -0.05) is 42.5 Å². The van der Waals surface area contributed by atoms with Gasteiger partial charge in [-0.15, -0.1) is 0 Å². The molecule has 0 aliphatic heterocycles. The van der Waals surface area contributed by atoms with Crippen molar-refractivity contribution in [3.05, 3.63) is 99.1 Å². The number of rotatable bonds is 6. The molecule has 1 aromatic heterocycles. The summed E-state index contributed by atoms with van der Waals surface area (Å²) >= 11 is 2.07. The van der Waals surface area contributed by atoms with Crippen molar-refractivity contribution < 1.29 is 18.7 Å². The first-order valence-electron chi connectivity index (χ1n) is 8.15. The molecule has 0 atom stereocenters. The smallest absolute Gasteiger partial charge is 0.355 e. The predicted molar refractivity (Wildman–Crippen MR) is 110 cm³/mol. The molecule has 0 spiro atoms. The SMILES string of the molecule is O=C(OCc1ccccc1)/C(=C\c1ccco1)NC(=O)c1ccccc1I. The van der Waals surface area contributed by atoms with E-state index < -0.39 is 11.9 Å². The molecule has 1 heterocycles. The molecule has 0 fully saturated rings. The van der Waals surface area contributed by atoms with Gasteiger partial charge in [0.25, 0.3) is 5.91 Å². The van der Waals surface area contributed by atoms with E-state index in [2.05, 4.69) is 27.9 Å². The van der Waals surface area contributed by atoms with E-state index in [-0.39, 0.29) is 12.3 Å². The first-order chi connectivity index (χ1) is 13.1. The average molecular weight is 473 g/mol. The number of benzene rings is 2. The monoisotopic (exact) mass is 473 g/mol. The third-order valence-electron chi connectivity index (χ3n) is 3.63. The lowest BCUT2D eigenvalue weighted by Crippen LogP contribution is -2.29. The number of esters is 1. The molecule has 2 aromatic carbocycles. The Kier molecular flexibility index (Phi) is 6.43. The molecule has 1 amide bonds. The maximum Gasteiger partial charge on any atom is 0.355 e. The molecular weight excluding hydrogens is 457 g/mol. The highest BCUT2D eigenvalue weighted by molar-refractivity contribution is 14.1. The van der Waals surface area contributed by atoms with Crippen molar-refractivity contribution in [2.24, 2.45) is 0 Å². The number of nitrogens with one attached hydrogen (secondary N) is 1. The van der Waals surface area contributed by atoms with Gasteiger partial charge in [-0.05, 0) is 52.4 Å². The molecule has 27 heavy (non-hydrogen) atoms. The number of carbonyl (C=O) groups is 2. The van der Waals surface area contributed by atoms with Crippen LogP contribution in [0.2, 0.25) is 0 Å². The van der Waals surface area contributed by atoms with E-state index in [1.54, 1.807) is 24.3 Å². The van der Waals surface area contributed by atoms with Crippen LogP contribution in [-0.2, 0) is 16.1 Å². The Hall–Kier alpha value is -2.87. The summed E-state index contributed by atoms with van der Waals surface area (Å²) < 4.78 is 11.4. The van der Waals surface area contributed by atoms with Gasteiger partial charge in [0.05, 0.1) is 11.8 Å². The van der Waals surface area contributed by atoms with Crippen molar-refractivity contribution in [3.8, 4) is 0 Å². The van der Waals surface area contributed by atoms with E-state index in [0.29, 0.717) is 11.3 Å². The summed E-state index contributed by atoms with van der Waals surface area (Å²) in [6.07, 6.45) is 2.93. The fourth-order valence-electron chi connectivity index (χ4n) is 2.30. The van der Waals surface area contributed by atoms with Gasteiger partial charge >= 0.3 is 5.97 Å². The van der Waals surface area contributed by atoms with Crippen LogP contribution in [-0.4, -0.2) is 11.9 Å². The fourth-order valence-corrected chi connectivity index (χ4v) is 2.93. The maximum atomic E-state index is 12.6. The Bertz CT molecular complexity index is 949. The third-order valence-corrected chi connectivity index (χ3v) is 4.57. The normalized spacial score (nSPS) is 11.1. The summed E-state index contributed by atoms with van der Waals surface area (Å²) in [6.45, 7) is 0.105. The van der Waals surface area contributed by atoms with Crippen LogP contribution < -0.4 is 5.32 Å². The molecule has 0 aliphatic rings. The highest BCUT2D eigenvalue weighted by atomic mass is 127. The molecule has 0 radical (unpaired) electrons. The molecule has 0 unspecified atom stereocenters. The first kappa shape index (κ1) is 18.9. The average Bonchev–Trinajstić information content (AvgIpc) is 3.20. The van der Waals surface area contributed by atoms with Crippen LogP contribution in [0.3, 0.4) is 0 Å². The van der Waals surface area contributed by atoms with Gasteiger partial charge in [-0.25, -0.2) is 4.79 Å². The second kappa shape index (κ2) is 9.18. The number of hydrogen-bond acceptors (Lipinski definition) is 4. The van der Waals surface area contributed by atoms with Crippen molar-refractivity contribution in [1.82, 2.24) is 5.32 Å². The van der Waals surface area contributed by atoms with Crippen LogP contribution in [0, 0.1) is 3.57 Å². The molecule has 6 heteroatoms. The summed E-state index contributed by atoms with van der Waals surface area (Å²) in [4.78, 5) is 25.1. The summed E-state index contributed by atoms with van der Waals surface area (Å²) in [5.41, 5.74) is 1.33. The van der Waals surface area contributed by atoms with E-state index in [1.807, 2.05) is 42.5 Å². The number of hydrogen-bond donors (Lipinski definition) is 1. The van der Waals surface area contributed by atoms with Gasteiger partial charge in [0, 0.05) is 9.65 Å². The number of amides is 1. The first-order valence-corrected chi connectivity index (χ1v) is 9.23. The highest BCUT2D eigenvalue weighted by Gasteiger charge is 2.18. The molecule has 1 N–H and O–H groups in total. The van der Waals surface area contributed by atoms with Gasteiger partial charge < -0.3 is 14.5 Å². The number of halogens is 1. The Morgan fingerprint density at radius 2 is 1.74 bits per heavy atom. The second-order valence-corrected chi connectivity index (χ2v) is 6.73. The van der Waals surface area contributed by atoms with Gasteiger partial charge in [0.2, 0.25) is 0 Å². The zero-order valence-electron chi connectivity index (χ0n) is 14.2. The van der Waals surface area contributed by atoms with Crippen LogP contribution in [0.15, 0.2) is 83.1 Å². The molecule has 3 aromatic rings. The zero-order valence-corrected chi connectivity index (χ0v) is 16.4. The topological polar surface area (TPSA) is 68.5 Å². The van der Waals surface area contributed by atoms with Crippen LogP contribution in [0.1, 0.15) is 21.7 Å². The predicted octanol–water partition coefficient (Wildman–Crippen LogP) is 4.40.